The Morgan fingerprint density at radius 3 is 0.802 bits per heavy atom. The predicted molar refractivity (Wildman–Crippen MR) is 445 cm³/mol. The molecule has 22 aromatic rings. The summed E-state index contributed by atoms with van der Waals surface area (Å²) in [6, 6.07) is 130. The van der Waals surface area contributed by atoms with Gasteiger partial charge in [-0.15, -0.1) is 0 Å². The molecule has 0 spiro atoms. The van der Waals surface area contributed by atoms with Gasteiger partial charge in [-0.25, -0.2) is 0 Å². The Morgan fingerprint density at radius 1 is 0.179 bits per heavy atom. The molecule has 6 nitrogen and oxygen atoms in total. The summed E-state index contributed by atoms with van der Waals surface area (Å²) in [5.74, 6) is 0. The lowest BCUT2D eigenvalue weighted by molar-refractivity contribution is 0.590. The molecule has 16 aromatic carbocycles. The van der Waals surface area contributed by atoms with Crippen molar-refractivity contribution < 1.29 is 13.3 Å². The van der Waals surface area contributed by atoms with Crippen LogP contribution in [0.5, 0.6) is 0 Å². The molecule has 0 aliphatic rings. The van der Waals surface area contributed by atoms with Crippen LogP contribution in [0.25, 0.3) is 193 Å². The average Bonchev–Trinajstić information content (AvgIpc) is 1.57. The molecule has 6 heterocycles. The molecule has 0 fully saturated rings. The standard InChI is InChI=1S/C36H23NO.C34H27NO.C30H19NO/c1-2-8-24(9-3-1)25-14-18-28(19-15-25)37-33-12-6-4-10-29(33)30-20-16-27(23-34(30)37)26-17-21-36-32(22-26)31-11-5-7-13-35(31)38-36;1-34(2,3)24-14-16-25(17-15-24)35-30-10-6-4-8-26(30)27-18-12-23(21-31(27)35)22-13-19-33-29(20-22)28-9-5-7-11-32(28)36-33;1-2-8-22(9-3-1)31-27-12-6-4-10-23(27)24-16-14-21(19-28(24)31)20-15-17-30-26(18-20)25-11-5-7-13-29(25)32-30/h1-23H;4-21H,1-3H3;1-19H. The molecule has 0 radical (unpaired) electrons. The molecule has 0 aliphatic carbocycles. The molecule has 0 bridgehead atoms. The predicted octanol–water partition coefficient (Wildman–Crippen LogP) is 28.0. The number of para-hydroxylation sites is 7. The molecule has 0 aliphatic heterocycles. The van der Waals surface area contributed by atoms with E-state index in [2.05, 4.69) is 362 Å². The average molecular weight is 1360 g/mol. The largest absolute Gasteiger partial charge is 0.456 e. The SMILES string of the molecule is CC(C)(C)c1ccc(-n2c3ccccc3c3ccc(-c4ccc5oc6ccccc6c5c4)cc32)cc1.c1ccc(-c2ccc(-n3c4ccccc4c4ccc(-c5ccc6oc7ccccc7c6c5)cc43)cc2)cc1.c1ccc(-n2c3ccccc3c3ccc(-c4ccc5oc6ccccc6c5c4)cc32)cc1. The first kappa shape index (κ1) is 62.1. The maximum atomic E-state index is 6.07. The third-order valence-electron chi connectivity index (χ3n) is 21.4. The Kier molecular flexibility index (Phi) is 14.7. The van der Waals surface area contributed by atoms with Gasteiger partial charge >= 0.3 is 0 Å². The van der Waals surface area contributed by atoms with Crippen molar-refractivity contribution in [3.63, 3.8) is 0 Å². The van der Waals surface area contributed by atoms with Gasteiger partial charge in [-0.1, -0.05) is 257 Å². The van der Waals surface area contributed by atoms with E-state index in [0.717, 1.165) is 71.5 Å². The molecule has 6 heteroatoms. The molecule has 0 amide bonds. The van der Waals surface area contributed by atoms with Gasteiger partial charge in [-0.2, -0.15) is 0 Å². The zero-order valence-corrected chi connectivity index (χ0v) is 58.7. The van der Waals surface area contributed by atoms with E-state index in [9.17, 15) is 0 Å². The zero-order chi connectivity index (χ0) is 70.6. The van der Waals surface area contributed by atoms with Crippen molar-refractivity contribution in [1.82, 2.24) is 13.7 Å². The minimum absolute atomic E-state index is 0.127. The highest BCUT2D eigenvalue weighted by Gasteiger charge is 2.21. The van der Waals surface area contributed by atoms with Crippen molar-refractivity contribution in [2.45, 2.75) is 26.2 Å². The van der Waals surface area contributed by atoms with Gasteiger partial charge in [0, 0.05) is 81.7 Å². The zero-order valence-electron chi connectivity index (χ0n) is 58.7. The van der Waals surface area contributed by atoms with E-state index in [-0.39, 0.29) is 5.41 Å². The Morgan fingerprint density at radius 2 is 0.434 bits per heavy atom. The van der Waals surface area contributed by atoms with Crippen LogP contribution in [0.15, 0.2) is 377 Å². The second-order valence-corrected chi connectivity index (χ2v) is 28.7. The van der Waals surface area contributed by atoms with E-state index in [1.54, 1.807) is 0 Å². The van der Waals surface area contributed by atoms with Gasteiger partial charge in [-0.3, -0.25) is 0 Å². The fourth-order valence-electron chi connectivity index (χ4n) is 16.1. The highest BCUT2D eigenvalue weighted by atomic mass is 16.3. The lowest BCUT2D eigenvalue weighted by Gasteiger charge is -2.19. The van der Waals surface area contributed by atoms with Crippen molar-refractivity contribution in [3.05, 3.63) is 370 Å². The normalized spacial score (nSPS) is 11.9. The number of benzene rings is 16. The smallest absolute Gasteiger partial charge is 0.135 e. The van der Waals surface area contributed by atoms with Gasteiger partial charge in [0.2, 0.25) is 0 Å². The van der Waals surface area contributed by atoms with Crippen molar-refractivity contribution in [2.75, 3.05) is 0 Å². The van der Waals surface area contributed by atoms with E-state index in [4.69, 9.17) is 13.3 Å². The van der Waals surface area contributed by atoms with Crippen LogP contribution in [-0.4, -0.2) is 13.7 Å². The minimum atomic E-state index is 0.127. The van der Waals surface area contributed by atoms with E-state index in [0.29, 0.717) is 0 Å². The van der Waals surface area contributed by atoms with Gasteiger partial charge < -0.3 is 27.0 Å². The van der Waals surface area contributed by atoms with Crippen LogP contribution in [0.2, 0.25) is 0 Å². The molecule has 502 valence electrons. The molecular formula is C100H69N3O3. The van der Waals surface area contributed by atoms with E-state index in [1.807, 2.05) is 36.4 Å². The third-order valence-corrected chi connectivity index (χ3v) is 21.4. The van der Waals surface area contributed by atoms with Crippen LogP contribution in [0.3, 0.4) is 0 Å². The monoisotopic (exact) mass is 1360 g/mol. The van der Waals surface area contributed by atoms with Crippen LogP contribution >= 0.6 is 0 Å². The molecule has 22 rings (SSSR count). The number of nitrogens with zero attached hydrogens (tertiary/aromatic N) is 3. The molecule has 0 unspecified atom stereocenters. The summed E-state index contributed by atoms with van der Waals surface area (Å²) >= 11 is 0. The van der Waals surface area contributed by atoms with Crippen LogP contribution in [-0.2, 0) is 5.41 Å². The quantitative estimate of drug-likeness (QED) is 0.160. The van der Waals surface area contributed by atoms with Crippen LogP contribution in [0.1, 0.15) is 26.3 Å². The van der Waals surface area contributed by atoms with Gasteiger partial charge in [-0.05, 0) is 183 Å². The van der Waals surface area contributed by atoms with E-state index >= 15 is 0 Å². The molecule has 0 N–H and O–H groups in total. The topological polar surface area (TPSA) is 54.2 Å². The van der Waals surface area contributed by atoms with Gasteiger partial charge in [0.05, 0.1) is 33.1 Å². The second-order valence-electron chi connectivity index (χ2n) is 28.7. The number of aromatic nitrogens is 3. The van der Waals surface area contributed by atoms with Crippen LogP contribution in [0.4, 0.5) is 0 Å². The highest BCUT2D eigenvalue weighted by molar-refractivity contribution is 6.15. The van der Waals surface area contributed by atoms with Crippen molar-refractivity contribution in [3.8, 4) is 61.6 Å². The molecule has 0 atom stereocenters. The lowest BCUT2D eigenvalue weighted by atomic mass is 9.87. The Hall–Kier alpha value is -13.7. The van der Waals surface area contributed by atoms with Gasteiger partial charge in [0.1, 0.15) is 33.5 Å². The number of furan rings is 3. The highest BCUT2D eigenvalue weighted by Crippen LogP contribution is 2.43. The molecule has 106 heavy (non-hydrogen) atoms. The van der Waals surface area contributed by atoms with Gasteiger partial charge in [0.25, 0.3) is 0 Å². The number of rotatable bonds is 7. The maximum absolute atomic E-state index is 6.07. The summed E-state index contributed by atoms with van der Waals surface area (Å²) in [5.41, 5.74) is 27.4. The number of hydrogen-bond acceptors (Lipinski definition) is 3. The first-order chi connectivity index (χ1) is 52.2. The fourth-order valence-corrected chi connectivity index (χ4v) is 16.1. The summed E-state index contributed by atoms with van der Waals surface area (Å²) in [7, 11) is 0. The van der Waals surface area contributed by atoms with E-state index < -0.39 is 0 Å². The fraction of sp³-hybridized carbons (Fsp3) is 0.0400. The number of fused-ring (bicyclic) bond motifs is 18. The Balaban J connectivity index is 0.000000106. The Labute approximate surface area is 611 Å². The molecule has 6 aromatic heterocycles. The molecule has 0 saturated carbocycles. The summed E-state index contributed by atoms with van der Waals surface area (Å²) in [6.45, 7) is 6.78. The van der Waals surface area contributed by atoms with E-state index in [1.165, 1.54) is 127 Å². The lowest BCUT2D eigenvalue weighted by Crippen LogP contribution is -2.10. The summed E-state index contributed by atoms with van der Waals surface area (Å²) in [5, 5.41) is 14.5. The summed E-state index contributed by atoms with van der Waals surface area (Å²) < 4.78 is 25.3. The van der Waals surface area contributed by atoms with Crippen LogP contribution in [0, 0.1) is 0 Å². The van der Waals surface area contributed by atoms with Crippen LogP contribution < -0.4 is 0 Å². The Bertz CT molecular complexity index is 7160. The number of hydrogen-bond donors (Lipinski definition) is 0. The first-order valence-corrected chi connectivity index (χ1v) is 36.3. The first-order valence-electron chi connectivity index (χ1n) is 36.3. The third kappa shape index (κ3) is 10.6. The summed E-state index contributed by atoms with van der Waals surface area (Å²) in [4.78, 5) is 0. The van der Waals surface area contributed by atoms with Crippen molar-refractivity contribution in [2.24, 2.45) is 0 Å². The molecular weight excluding hydrogens is 1290 g/mol. The summed E-state index contributed by atoms with van der Waals surface area (Å²) in [6.07, 6.45) is 0. The second kappa shape index (κ2) is 25.1. The molecule has 0 saturated heterocycles. The minimum Gasteiger partial charge on any atom is -0.456 e. The van der Waals surface area contributed by atoms with Crippen molar-refractivity contribution >= 4 is 131 Å². The van der Waals surface area contributed by atoms with Gasteiger partial charge in [0.15, 0.2) is 0 Å². The maximum Gasteiger partial charge on any atom is 0.135 e. The van der Waals surface area contributed by atoms with Crippen molar-refractivity contribution in [1.29, 1.82) is 0 Å².